The Hall–Kier alpha value is -4.51. The van der Waals surface area contributed by atoms with E-state index in [4.69, 9.17) is 0 Å². The van der Waals surface area contributed by atoms with Gasteiger partial charge in [0.15, 0.2) is 10.8 Å². The van der Waals surface area contributed by atoms with Crippen LogP contribution in [0.4, 0.5) is 11.5 Å². The van der Waals surface area contributed by atoms with Gasteiger partial charge in [0.05, 0.1) is 11.1 Å². The molecule has 3 N–H and O–H groups in total. The smallest absolute Gasteiger partial charge is 0.250 e. The minimum atomic E-state index is -0.844. The zero-order valence-corrected chi connectivity index (χ0v) is 20.5. The standard InChI is InChI=1S/C26H24N6O4S/c33-15-27-22-14-31-13-21(37-26(31)30-22)17-8-10-19(11-9-17)29-24(35)20-7-4-12-32(20)25(36)23(28-16-34)18-5-2-1-3-6-18/h1-3,5-6,8-11,13-16,20,23H,4,7,12H2,(H,27,33)(H,28,34)(H,29,35)/t20-,23?/m0/s1. The molecule has 1 aliphatic rings. The molecule has 0 saturated carbocycles. The normalized spacial score (nSPS) is 15.8. The van der Waals surface area contributed by atoms with Crippen LogP contribution in [0.2, 0.25) is 0 Å². The van der Waals surface area contributed by atoms with Crippen LogP contribution in [0.5, 0.6) is 0 Å². The molecule has 1 saturated heterocycles. The number of benzene rings is 2. The van der Waals surface area contributed by atoms with Crippen LogP contribution in [0.25, 0.3) is 15.4 Å². The Morgan fingerprint density at radius 2 is 1.81 bits per heavy atom. The summed E-state index contributed by atoms with van der Waals surface area (Å²) in [7, 11) is 0. The molecule has 1 aliphatic heterocycles. The number of imidazole rings is 1. The zero-order valence-electron chi connectivity index (χ0n) is 19.7. The van der Waals surface area contributed by atoms with Gasteiger partial charge in [-0.25, -0.2) is 4.98 Å². The number of carbonyl (C=O) groups is 4. The molecule has 5 rings (SSSR count). The van der Waals surface area contributed by atoms with Gasteiger partial charge in [-0.2, -0.15) is 0 Å². The Morgan fingerprint density at radius 3 is 2.51 bits per heavy atom. The van der Waals surface area contributed by atoms with Gasteiger partial charge in [0.25, 0.3) is 0 Å². The number of hydrogen-bond donors (Lipinski definition) is 3. The molecule has 2 aromatic heterocycles. The van der Waals surface area contributed by atoms with Crippen molar-refractivity contribution in [2.24, 2.45) is 0 Å². The second-order valence-corrected chi connectivity index (χ2v) is 9.57. The van der Waals surface area contributed by atoms with Crippen molar-refractivity contribution in [2.75, 3.05) is 17.2 Å². The molecule has 1 unspecified atom stereocenters. The highest BCUT2D eigenvalue weighted by atomic mass is 32.1. The van der Waals surface area contributed by atoms with Crippen LogP contribution in [0.1, 0.15) is 24.4 Å². The van der Waals surface area contributed by atoms with E-state index < -0.39 is 12.1 Å². The van der Waals surface area contributed by atoms with Crippen LogP contribution < -0.4 is 16.0 Å². The van der Waals surface area contributed by atoms with Crippen LogP contribution in [-0.2, 0) is 19.2 Å². The van der Waals surface area contributed by atoms with Crippen LogP contribution in [0, 0.1) is 0 Å². The second kappa shape index (κ2) is 10.6. The van der Waals surface area contributed by atoms with Crippen molar-refractivity contribution in [2.45, 2.75) is 24.9 Å². The van der Waals surface area contributed by atoms with E-state index in [1.54, 1.807) is 35.4 Å². The second-order valence-electron chi connectivity index (χ2n) is 8.56. The number of carbonyl (C=O) groups excluding carboxylic acids is 4. The van der Waals surface area contributed by atoms with Crippen LogP contribution in [-0.4, -0.2) is 51.5 Å². The highest BCUT2D eigenvalue weighted by Gasteiger charge is 2.37. The summed E-state index contributed by atoms with van der Waals surface area (Å²) in [6.45, 7) is 0.448. The summed E-state index contributed by atoms with van der Waals surface area (Å²) >= 11 is 1.48. The van der Waals surface area contributed by atoms with Gasteiger partial charge in [-0.3, -0.25) is 23.6 Å². The van der Waals surface area contributed by atoms with Crippen molar-refractivity contribution < 1.29 is 19.2 Å². The van der Waals surface area contributed by atoms with E-state index in [9.17, 15) is 19.2 Å². The highest BCUT2D eigenvalue weighted by molar-refractivity contribution is 7.20. The first-order valence-electron chi connectivity index (χ1n) is 11.7. The fraction of sp³-hybridized carbons (Fsp3) is 0.192. The SMILES string of the molecule is O=CNc1cn2cc(-c3ccc(NC(=O)[C@@H]4CCCN4C(=O)C(NC=O)c4ccccc4)cc3)sc2n1. The quantitative estimate of drug-likeness (QED) is 0.295. The Balaban J connectivity index is 1.26. The maximum atomic E-state index is 13.3. The summed E-state index contributed by atoms with van der Waals surface area (Å²) in [6, 6.07) is 15.0. The minimum Gasteiger partial charge on any atom is -0.343 e. The van der Waals surface area contributed by atoms with E-state index in [2.05, 4.69) is 20.9 Å². The monoisotopic (exact) mass is 516 g/mol. The minimum absolute atomic E-state index is 0.263. The molecule has 2 atom stereocenters. The van der Waals surface area contributed by atoms with Crippen molar-refractivity contribution in [3.05, 3.63) is 72.6 Å². The van der Waals surface area contributed by atoms with Gasteiger partial charge in [-0.1, -0.05) is 53.8 Å². The first kappa shape index (κ1) is 24.2. The van der Waals surface area contributed by atoms with Gasteiger partial charge < -0.3 is 20.9 Å². The van der Waals surface area contributed by atoms with Gasteiger partial charge in [-0.05, 0) is 36.1 Å². The number of amides is 4. The number of anilines is 2. The van der Waals surface area contributed by atoms with Crippen LogP contribution in [0.15, 0.2) is 67.0 Å². The predicted molar refractivity (Wildman–Crippen MR) is 140 cm³/mol. The van der Waals surface area contributed by atoms with Crippen molar-refractivity contribution in [3.63, 3.8) is 0 Å². The fourth-order valence-corrected chi connectivity index (χ4v) is 5.47. The molecular formula is C26H24N6O4S. The Labute approximate surface area is 216 Å². The third kappa shape index (κ3) is 5.07. The molecule has 0 aliphatic carbocycles. The average molecular weight is 517 g/mol. The van der Waals surface area contributed by atoms with Gasteiger partial charge in [-0.15, -0.1) is 0 Å². The van der Waals surface area contributed by atoms with E-state index in [0.717, 1.165) is 15.4 Å². The Bertz CT molecular complexity index is 1400. The maximum Gasteiger partial charge on any atom is 0.250 e. The summed E-state index contributed by atoms with van der Waals surface area (Å²) in [4.78, 5) is 55.9. The maximum absolute atomic E-state index is 13.3. The number of nitrogens with zero attached hydrogens (tertiary/aromatic N) is 3. The Kier molecular flexibility index (Phi) is 6.95. The Morgan fingerprint density at radius 1 is 1.03 bits per heavy atom. The lowest BCUT2D eigenvalue weighted by Gasteiger charge is -2.28. The number of nitrogens with one attached hydrogen (secondary N) is 3. The summed E-state index contributed by atoms with van der Waals surface area (Å²) in [6.07, 6.45) is 6.01. The molecule has 3 heterocycles. The first-order chi connectivity index (χ1) is 18.1. The first-order valence-corrected chi connectivity index (χ1v) is 12.5. The topological polar surface area (TPSA) is 125 Å². The summed E-state index contributed by atoms with van der Waals surface area (Å²) in [5.41, 5.74) is 2.25. The molecule has 11 heteroatoms. The molecule has 0 radical (unpaired) electrons. The molecule has 1 fully saturated rings. The van der Waals surface area contributed by atoms with Gasteiger partial charge in [0.1, 0.15) is 12.1 Å². The number of likely N-dealkylation sites (tertiary alicyclic amines) is 1. The van der Waals surface area contributed by atoms with Crippen molar-refractivity contribution in [1.82, 2.24) is 19.6 Å². The highest BCUT2D eigenvalue weighted by Crippen LogP contribution is 2.30. The van der Waals surface area contributed by atoms with Gasteiger partial charge >= 0.3 is 0 Å². The van der Waals surface area contributed by atoms with Gasteiger partial charge in [0.2, 0.25) is 24.6 Å². The fourth-order valence-electron chi connectivity index (χ4n) is 4.49. The molecule has 188 valence electrons. The molecule has 4 amide bonds. The molecule has 10 nitrogen and oxygen atoms in total. The molecule has 37 heavy (non-hydrogen) atoms. The van der Waals surface area contributed by atoms with E-state index in [1.165, 1.54) is 11.3 Å². The predicted octanol–water partition coefficient (Wildman–Crippen LogP) is 3.05. The van der Waals surface area contributed by atoms with Crippen LogP contribution in [0.3, 0.4) is 0 Å². The van der Waals surface area contributed by atoms with E-state index >= 15 is 0 Å². The number of rotatable bonds is 9. The molecule has 4 aromatic rings. The lowest BCUT2D eigenvalue weighted by Crippen LogP contribution is -2.47. The molecular weight excluding hydrogens is 492 g/mol. The zero-order chi connectivity index (χ0) is 25.8. The summed E-state index contributed by atoms with van der Waals surface area (Å²) in [5.74, 6) is -0.0795. The van der Waals surface area contributed by atoms with E-state index in [-0.39, 0.29) is 11.8 Å². The van der Waals surface area contributed by atoms with Gasteiger partial charge in [0, 0.05) is 18.4 Å². The summed E-state index contributed by atoms with van der Waals surface area (Å²) < 4.78 is 1.84. The number of fused-ring (bicyclic) bond motifs is 1. The third-order valence-electron chi connectivity index (χ3n) is 6.25. The number of thiazole rings is 1. The lowest BCUT2D eigenvalue weighted by atomic mass is 10.1. The third-order valence-corrected chi connectivity index (χ3v) is 7.30. The molecule has 2 aromatic carbocycles. The van der Waals surface area contributed by atoms with Crippen molar-refractivity contribution in [3.8, 4) is 10.4 Å². The van der Waals surface area contributed by atoms with Crippen molar-refractivity contribution in [1.29, 1.82) is 0 Å². The van der Waals surface area contributed by atoms with E-state index in [1.807, 2.05) is 40.9 Å². The molecule has 0 bridgehead atoms. The van der Waals surface area contributed by atoms with Crippen molar-refractivity contribution >= 4 is 52.4 Å². The number of aromatic nitrogens is 2. The average Bonchev–Trinajstić information content (AvgIpc) is 3.64. The lowest BCUT2D eigenvalue weighted by molar-refractivity contribution is -0.139. The summed E-state index contributed by atoms with van der Waals surface area (Å²) in [5, 5.41) is 8.05. The molecule has 0 spiro atoms. The number of hydrogen-bond acceptors (Lipinski definition) is 6. The largest absolute Gasteiger partial charge is 0.343 e. The van der Waals surface area contributed by atoms with E-state index in [0.29, 0.717) is 49.3 Å². The van der Waals surface area contributed by atoms with Crippen LogP contribution >= 0.6 is 11.3 Å².